The Morgan fingerprint density at radius 2 is 1.20 bits per heavy atom. The Hall–Kier alpha value is -6.66. The summed E-state index contributed by atoms with van der Waals surface area (Å²) in [6.45, 7) is -2.91. The molecule has 1 aromatic heterocycles. The molecular formula is C50H57O30+. The van der Waals surface area contributed by atoms with Crippen molar-refractivity contribution in [2.24, 2.45) is 0 Å². The molecule has 4 aliphatic rings. The lowest BCUT2D eigenvalue weighted by atomic mass is 9.98. The zero-order chi connectivity index (χ0) is 57.9. The number of hydrogen-bond acceptors (Lipinski definition) is 28. The number of aliphatic hydroxyl groups is 12. The Morgan fingerprint density at radius 1 is 0.600 bits per heavy atom. The second-order valence-electron chi connectivity index (χ2n) is 18.7. The van der Waals surface area contributed by atoms with Crippen LogP contribution in [0.15, 0.2) is 71.2 Å². The summed E-state index contributed by atoms with van der Waals surface area (Å²) in [7, 11) is 0. The van der Waals surface area contributed by atoms with Gasteiger partial charge in [0.05, 0.1) is 24.8 Å². The van der Waals surface area contributed by atoms with Crippen LogP contribution >= 0.6 is 0 Å². The van der Waals surface area contributed by atoms with Gasteiger partial charge in [-0.25, -0.2) is 9.21 Å². The Morgan fingerprint density at radius 3 is 1.86 bits per heavy atom. The molecule has 16 N–H and O–H groups in total. The van der Waals surface area contributed by atoms with Gasteiger partial charge in [0.2, 0.25) is 24.6 Å². The molecule has 0 unspecified atom stereocenters. The summed E-state index contributed by atoms with van der Waals surface area (Å²) in [6, 6.07) is 12.3. The third-order valence-electron chi connectivity index (χ3n) is 13.1. The fraction of sp³-hybridized carbons (Fsp3) is 0.480. The number of fused-ring (bicyclic) bond motifs is 1. The van der Waals surface area contributed by atoms with Gasteiger partial charge < -0.3 is 129 Å². The van der Waals surface area contributed by atoms with Gasteiger partial charge in [0.15, 0.2) is 23.9 Å². The van der Waals surface area contributed by atoms with E-state index >= 15 is 0 Å². The van der Waals surface area contributed by atoms with Gasteiger partial charge in [-0.2, -0.15) is 0 Å². The Balaban J connectivity index is 1.07. The molecule has 436 valence electrons. The van der Waals surface area contributed by atoms with Crippen LogP contribution < -0.4 is 14.2 Å². The minimum Gasteiger partial charge on any atom is -0.507 e. The summed E-state index contributed by atoms with van der Waals surface area (Å²) < 4.78 is 62.6. The molecule has 30 heteroatoms. The number of esters is 2. The number of phenolic OH excluding ortho intramolecular Hbond substituents is 3. The summed E-state index contributed by atoms with van der Waals surface area (Å²) in [4.78, 5) is 36.1. The van der Waals surface area contributed by atoms with Crippen molar-refractivity contribution in [3.8, 4) is 45.8 Å². The Bertz CT molecular complexity index is 2830. The molecule has 80 heavy (non-hydrogen) atoms. The molecule has 19 atom stereocenters. The van der Waals surface area contributed by atoms with Gasteiger partial charge in [0.1, 0.15) is 128 Å². The zero-order valence-corrected chi connectivity index (χ0v) is 41.3. The smallest absolute Gasteiger partial charge is 0.402 e. The molecule has 4 fully saturated rings. The average molecular weight is 1140 g/mol. The largest absolute Gasteiger partial charge is 0.507 e. The number of benzene rings is 3. The quantitative estimate of drug-likeness (QED) is 0.0148. The lowest BCUT2D eigenvalue weighted by molar-refractivity contribution is -0.345. The van der Waals surface area contributed by atoms with Crippen LogP contribution in [-0.4, -0.2) is 243 Å². The van der Waals surface area contributed by atoms with Crippen molar-refractivity contribution >= 4 is 35.0 Å². The highest BCUT2D eigenvalue weighted by Gasteiger charge is 2.52. The van der Waals surface area contributed by atoms with E-state index < -0.39 is 196 Å². The molecule has 0 bridgehead atoms. The van der Waals surface area contributed by atoms with Gasteiger partial charge >= 0.3 is 29.3 Å². The van der Waals surface area contributed by atoms with Gasteiger partial charge in [-0.05, 0) is 35.9 Å². The summed E-state index contributed by atoms with van der Waals surface area (Å²) in [5, 5.41) is 167. The number of aliphatic hydroxyl groups excluding tert-OH is 12. The van der Waals surface area contributed by atoms with Crippen LogP contribution in [-0.2, 0) is 47.5 Å². The third kappa shape index (κ3) is 13.4. The highest BCUT2D eigenvalue weighted by Crippen LogP contribution is 2.44. The molecule has 4 aromatic rings. The third-order valence-corrected chi connectivity index (χ3v) is 13.1. The van der Waals surface area contributed by atoms with Crippen LogP contribution in [0.5, 0.6) is 34.5 Å². The monoisotopic (exact) mass is 1140 g/mol. The number of aromatic hydroxyl groups is 3. The number of carboxylic acids is 1. The van der Waals surface area contributed by atoms with Crippen LogP contribution in [0.4, 0.5) is 0 Å². The van der Waals surface area contributed by atoms with E-state index in [0.717, 1.165) is 36.4 Å². The number of rotatable bonds is 18. The van der Waals surface area contributed by atoms with E-state index in [1.807, 2.05) is 0 Å². The lowest BCUT2D eigenvalue weighted by Gasteiger charge is -2.44. The minimum absolute atomic E-state index is 0.0586. The number of hydrogen-bond donors (Lipinski definition) is 16. The highest BCUT2D eigenvalue weighted by atomic mass is 16.8. The summed E-state index contributed by atoms with van der Waals surface area (Å²) in [5.74, 6) is -6.69. The normalized spacial score (nSPS) is 33.7. The number of carbonyl (C=O) groups excluding carboxylic acids is 2. The number of carboxylic acid groups (broad SMARTS) is 1. The number of ether oxygens (including phenoxy) is 10. The molecular weight excluding hydrogens is 1080 g/mol. The lowest BCUT2D eigenvalue weighted by Crippen LogP contribution is -2.64. The average Bonchev–Trinajstić information content (AvgIpc) is 3.44. The first-order valence-electron chi connectivity index (χ1n) is 24.3. The van der Waals surface area contributed by atoms with Gasteiger partial charge in [0, 0.05) is 24.3 Å². The molecule has 0 spiro atoms. The van der Waals surface area contributed by atoms with E-state index in [1.54, 1.807) is 0 Å². The first-order chi connectivity index (χ1) is 38.0. The molecule has 30 nitrogen and oxygen atoms in total. The van der Waals surface area contributed by atoms with E-state index in [1.165, 1.54) is 36.4 Å². The summed E-state index contributed by atoms with van der Waals surface area (Å²) >= 11 is 0. The predicted octanol–water partition coefficient (Wildman–Crippen LogP) is -4.21. The van der Waals surface area contributed by atoms with Crippen molar-refractivity contribution in [1.82, 2.24) is 0 Å². The van der Waals surface area contributed by atoms with E-state index in [0.29, 0.717) is 5.56 Å². The molecule has 0 saturated carbocycles. The van der Waals surface area contributed by atoms with Crippen LogP contribution in [0.25, 0.3) is 28.4 Å². The van der Waals surface area contributed by atoms with Crippen LogP contribution in [0, 0.1) is 0 Å². The number of aliphatic carboxylic acids is 1. The zero-order valence-electron chi connectivity index (χ0n) is 41.3. The summed E-state index contributed by atoms with van der Waals surface area (Å²) in [6.07, 6.45) is -33.0. The van der Waals surface area contributed by atoms with Crippen molar-refractivity contribution in [3.63, 3.8) is 0 Å². The van der Waals surface area contributed by atoms with Crippen molar-refractivity contribution in [2.75, 3.05) is 26.4 Å². The van der Waals surface area contributed by atoms with Crippen LogP contribution in [0.3, 0.4) is 0 Å². The second kappa shape index (κ2) is 25.4. The van der Waals surface area contributed by atoms with E-state index in [2.05, 4.69) is 0 Å². The molecule has 0 radical (unpaired) electrons. The summed E-state index contributed by atoms with van der Waals surface area (Å²) in [5.41, 5.74) is 0.0826. The van der Waals surface area contributed by atoms with Crippen LogP contribution in [0.1, 0.15) is 12.0 Å². The maximum Gasteiger partial charge on any atom is 0.402 e. The van der Waals surface area contributed by atoms with E-state index in [-0.39, 0.29) is 28.0 Å². The number of carbonyl (C=O) groups is 3. The van der Waals surface area contributed by atoms with E-state index in [4.69, 9.17) is 56.9 Å². The van der Waals surface area contributed by atoms with Crippen molar-refractivity contribution in [3.05, 3.63) is 72.3 Å². The molecule has 3 aromatic carbocycles. The molecule has 5 heterocycles. The molecule has 4 saturated heterocycles. The first-order valence-corrected chi connectivity index (χ1v) is 24.3. The van der Waals surface area contributed by atoms with Gasteiger partial charge in [-0.15, -0.1) is 0 Å². The minimum atomic E-state index is -2.10. The molecule has 8 rings (SSSR count). The Kier molecular flexibility index (Phi) is 18.9. The van der Waals surface area contributed by atoms with Crippen LogP contribution in [0.2, 0.25) is 0 Å². The Labute approximate surface area is 449 Å². The number of phenols is 3. The highest BCUT2D eigenvalue weighted by molar-refractivity contribution is 5.90. The molecule has 0 amide bonds. The van der Waals surface area contributed by atoms with Crippen molar-refractivity contribution in [1.29, 1.82) is 0 Å². The second-order valence-corrected chi connectivity index (χ2v) is 18.7. The van der Waals surface area contributed by atoms with E-state index in [9.17, 15) is 91.0 Å². The standard InChI is InChI=1S/C50H56O30/c51-14-29-36(61)39(64)43(68)48(77-29)73-21-5-1-18(2-6-21)3-8-33(58)70-16-31-38(63)41(66)46(80-47-42(67)35(60)25(55)15-72-47)50(79-31)76-28-12-22-26(74-45(28)19-4-7-23(53)24(54)9-19)10-20(52)11-27(22)75-49-44(69)40(65)37(62)30(78-49)17-71-34(59)13-32(56)57/h1-12,25,29-31,35-44,46-51,55,60-69H,13-17H2,(H3-,52,53,54,56,57)/p+1/b8-3+/t25-,29-,30-,31-,35+,36-,37-,38-,39+,40+,41+,42-,43-,44-,46-,47+,48-,49-,50-/m1/s1. The van der Waals surface area contributed by atoms with Crippen molar-refractivity contribution in [2.45, 2.75) is 123 Å². The topological polar surface area (TPSA) is 478 Å². The maximum atomic E-state index is 13.1. The van der Waals surface area contributed by atoms with Gasteiger partial charge in [0.25, 0.3) is 0 Å². The van der Waals surface area contributed by atoms with Gasteiger partial charge in [-0.3, -0.25) is 9.59 Å². The first kappa shape index (κ1) is 59.5. The maximum absolute atomic E-state index is 13.1. The van der Waals surface area contributed by atoms with Gasteiger partial charge in [-0.1, -0.05) is 12.1 Å². The molecule has 4 aliphatic heterocycles. The SMILES string of the molecule is O=C(O)CC(=O)OC[C@H]1O[C@@H](Oc2cc(O)cc3[o+]c(-c4ccc(O)c(O)c4)c(O[C@@H]4O[C@H](COC(=O)/C=C/c5ccc(O[C@@H]6O[C@H](CO)[C@@H](O)[C@H](O)[C@H]6O)cc5)[C@@H](O)[C@H](O)[C@H]4O[C@@H]4OC[C@@H](O)[C@H](O)[C@H]4O)cc23)[C@H](O)[C@@H](O)[C@@H]1O. The molecule has 0 aliphatic carbocycles. The fourth-order valence-electron chi connectivity index (χ4n) is 8.64. The van der Waals surface area contributed by atoms with Crippen molar-refractivity contribution < 1.29 is 148 Å². The fourth-order valence-corrected chi connectivity index (χ4v) is 8.64. The predicted molar refractivity (Wildman–Crippen MR) is 256 cm³/mol.